The minimum atomic E-state index is -0.176. The summed E-state index contributed by atoms with van der Waals surface area (Å²) in [7, 11) is 0. The van der Waals surface area contributed by atoms with Crippen LogP contribution in [0.1, 0.15) is 35.4 Å². The molecule has 1 aromatic carbocycles. The SMILES string of the molecule is CCCN1CCc2c(sc3ncnc(N[C@H](CO)c4ccccc4)c23)C1. The second-order valence-electron chi connectivity index (χ2n) is 6.72. The maximum absolute atomic E-state index is 9.89. The summed E-state index contributed by atoms with van der Waals surface area (Å²) in [6.07, 6.45) is 3.84. The average molecular weight is 369 g/mol. The molecule has 0 amide bonds. The third kappa shape index (κ3) is 3.32. The summed E-state index contributed by atoms with van der Waals surface area (Å²) >= 11 is 1.78. The third-order valence-electron chi connectivity index (χ3n) is 4.95. The first kappa shape index (κ1) is 17.4. The van der Waals surface area contributed by atoms with Crippen LogP contribution in [0.3, 0.4) is 0 Å². The molecule has 0 saturated carbocycles. The number of aliphatic hydroxyl groups is 1. The number of aromatic nitrogens is 2. The average Bonchev–Trinajstić information content (AvgIpc) is 3.05. The molecule has 2 N–H and O–H groups in total. The lowest BCUT2D eigenvalue weighted by molar-refractivity contribution is 0.258. The lowest BCUT2D eigenvalue weighted by atomic mass is 10.0. The van der Waals surface area contributed by atoms with Crippen LogP contribution in [0.2, 0.25) is 0 Å². The number of hydrogen-bond donors (Lipinski definition) is 2. The van der Waals surface area contributed by atoms with Gasteiger partial charge in [0, 0.05) is 18.0 Å². The van der Waals surface area contributed by atoms with Crippen molar-refractivity contribution in [1.82, 2.24) is 14.9 Å². The fourth-order valence-electron chi connectivity index (χ4n) is 3.68. The van der Waals surface area contributed by atoms with Gasteiger partial charge in [-0.05, 0) is 30.5 Å². The first-order chi connectivity index (χ1) is 12.8. The van der Waals surface area contributed by atoms with Crippen molar-refractivity contribution in [1.29, 1.82) is 0 Å². The van der Waals surface area contributed by atoms with Gasteiger partial charge in [-0.3, -0.25) is 4.90 Å². The highest BCUT2D eigenvalue weighted by Gasteiger charge is 2.24. The lowest BCUT2D eigenvalue weighted by Crippen LogP contribution is -2.30. The standard InChI is InChI=1S/C20H24N4OS/c1-2-9-24-10-8-15-17(11-24)26-20-18(15)19(21-13-22-20)23-16(12-25)14-6-4-3-5-7-14/h3-7,13,16,25H,2,8-12H2,1H3,(H,21,22,23)/t16-/m1/s1. The fraction of sp³-hybridized carbons (Fsp3) is 0.400. The van der Waals surface area contributed by atoms with Crippen LogP contribution in [0.15, 0.2) is 36.7 Å². The van der Waals surface area contributed by atoms with Crippen LogP contribution in [0, 0.1) is 0 Å². The molecule has 26 heavy (non-hydrogen) atoms. The van der Waals surface area contributed by atoms with Gasteiger partial charge in [0.25, 0.3) is 0 Å². The molecule has 3 aromatic rings. The maximum atomic E-state index is 9.89. The molecule has 0 bridgehead atoms. The Kier molecular flexibility index (Phi) is 5.15. The Morgan fingerprint density at radius 2 is 2.12 bits per heavy atom. The van der Waals surface area contributed by atoms with Crippen LogP contribution < -0.4 is 5.32 Å². The largest absolute Gasteiger partial charge is 0.394 e. The molecule has 3 heterocycles. The second-order valence-corrected chi connectivity index (χ2v) is 7.81. The van der Waals surface area contributed by atoms with Gasteiger partial charge in [-0.1, -0.05) is 37.3 Å². The molecule has 4 rings (SSSR count). The molecule has 2 aromatic heterocycles. The maximum Gasteiger partial charge on any atom is 0.139 e. The van der Waals surface area contributed by atoms with Crippen LogP contribution in [0.25, 0.3) is 10.2 Å². The van der Waals surface area contributed by atoms with Gasteiger partial charge < -0.3 is 10.4 Å². The third-order valence-corrected chi connectivity index (χ3v) is 6.08. The van der Waals surface area contributed by atoms with Crippen LogP contribution in [0.5, 0.6) is 0 Å². The summed E-state index contributed by atoms with van der Waals surface area (Å²) in [5, 5.41) is 14.5. The van der Waals surface area contributed by atoms with E-state index in [2.05, 4.69) is 27.1 Å². The Morgan fingerprint density at radius 1 is 1.27 bits per heavy atom. The van der Waals surface area contributed by atoms with Crippen LogP contribution in [-0.4, -0.2) is 39.7 Å². The quantitative estimate of drug-likeness (QED) is 0.696. The smallest absolute Gasteiger partial charge is 0.139 e. The number of benzene rings is 1. The minimum Gasteiger partial charge on any atom is -0.394 e. The molecular weight excluding hydrogens is 344 g/mol. The summed E-state index contributed by atoms with van der Waals surface area (Å²) < 4.78 is 0. The van der Waals surface area contributed by atoms with Gasteiger partial charge in [-0.2, -0.15) is 0 Å². The number of nitrogens with one attached hydrogen (secondary N) is 1. The van der Waals surface area contributed by atoms with E-state index in [1.165, 1.54) is 16.9 Å². The minimum absolute atomic E-state index is 0.0200. The molecule has 1 aliphatic heterocycles. The van der Waals surface area contributed by atoms with Gasteiger partial charge in [0.05, 0.1) is 18.0 Å². The molecule has 5 nitrogen and oxygen atoms in total. The molecule has 0 saturated heterocycles. The summed E-state index contributed by atoms with van der Waals surface area (Å²) in [6, 6.07) is 9.84. The number of rotatable bonds is 6. The Hall–Kier alpha value is -2.02. The summed E-state index contributed by atoms with van der Waals surface area (Å²) in [5.74, 6) is 0.833. The highest BCUT2D eigenvalue weighted by atomic mass is 32.1. The number of hydrogen-bond acceptors (Lipinski definition) is 6. The van der Waals surface area contributed by atoms with Gasteiger partial charge in [0.2, 0.25) is 0 Å². The van der Waals surface area contributed by atoms with Crippen molar-refractivity contribution < 1.29 is 5.11 Å². The molecule has 0 fully saturated rings. The zero-order chi connectivity index (χ0) is 17.9. The van der Waals surface area contributed by atoms with E-state index in [9.17, 15) is 5.11 Å². The van der Waals surface area contributed by atoms with Gasteiger partial charge >= 0.3 is 0 Å². The van der Waals surface area contributed by atoms with Crippen molar-refractivity contribution >= 4 is 27.4 Å². The molecule has 136 valence electrons. The number of nitrogens with zero attached hydrogens (tertiary/aromatic N) is 3. The zero-order valence-corrected chi connectivity index (χ0v) is 15.8. The second kappa shape index (κ2) is 7.70. The molecule has 1 aliphatic rings. The molecule has 1 atom stereocenters. The Labute approximate surface area is 157 Å². The normalized spacial score (nSPS) is 15.8. The predicted octanol–water partition coefficient (Wildman–Crippen LogP) is 3.60. The Balaban J connectivity index is 1.68. The van der Waals surface area contributed by atoms with Gasteiger partial charge in [0.1, 0.15) is 17.0 Å². The highest BCUT2D eigenvalue weighted by molar-refractivity contribution is 7.18. The van der Waals surface area contributed by atoms with Crippen LogP contribution >= 0.6 is 11.3 Å². The van der Waals surface area contributed by atoms with E-state index >= 15 is 0 Å². The van der Waals surface area contributed by atoms with Crippen molar-refractivity contribution in [2.75, 3.05) is 25.0 Å². The highest BCUT2D eigenvalue weighted by Crippen LogP contribution is 2.38. The molecule has 6 heteroatoms. The van der Waals surface area contributed by atoms with Crippen LogP contribution in [0.4, 0.5) is 5.82 Å². The van der Waals surface area contributed by atoms with E-state index in [1.54, 1.807) is 17.7 Å². The molecule has 0 radical (unpaired) electrons. The van der Waals surface area contributed by atoms with Gasteiger partial charge in [-0.25, -0.2) is 9.97 Å². The topological polar surface area (TPSA) is 61.3 Å². The number of thiophene rings is 1. The zero-order valence-electron chi connectivity index (χ0n) is 15.0. The van der Waals surface area contributed by atoms with Crippen molar-refractivity contribution in [3.05, 3.63) is 52.7 Å². The first-order valence-electron chi connectivity index (χ1n) is 9.20. The summed E-state index contributed by atoms with van der Waals surface area (Å²) in [5.41, 5.74) is 2.44. The number of anilines is 1. The summed E-state index contributed by atoms with van der Waals surface area (Å²) in [4.78, 5) is 14.0. The van der Waals surface area contributed by atoms with E-state index in [-0.39, 0.29) is 12.6 Å². The molecular formula is C20H24N4OS. The number of aliphatic hydroxyl groups excluding tert-OH is 1. The Morgan fingerprint density at radius 3 is 2.88 bits per heavy atom. The van der Waals surface area contributed by atoms with E-state index in [0.717, 1.165) is 47.7 Å². The van der Waals surface area contributed by atoms with Gasteiger partial charge in [0.15, 0.2) is 0 Å². The number of fused-ring (bicyclic) bond motifs is 3. The van der Waals surface area contributed by atoms with Crippen molar-refractivity contribution in [3.8, 4) is 0 Å². The molecule has 0 aliphatic carbocycles. The van der Waals surface area contributed by atoms with Crippen molar-refractivity contribution in [2.45, 2.75) is 32.4 Å². The van der Waals surface area contributed by atoms with E-state index in [4.69, 9.17) is 0 Å². The molecule has 0 spiro atoms. The van der Waals surface area contributed by atoms with Gasteiger partial charge in [-0.15, -0.1) is 11.3 Å². The van der Waals surface area contributed by atoms with Crippen molar-refractivity contribution in [3.63, 3.8) is 0 Å². The monoisotopic (exact) mass is 368 g/mol. The van der Waals surface area contributed by atoms with E-state index in [1.807, 2.05) is 30.3 Å². The van der Waals surface area contributed by atoms with Crippen LogP contribution in [-0.2, 0) is 13.0 Å². The van der Waals surface area contributed by atoms with E-state index < -0.39 is 0 Å². The predicted molar refractivity (Wildman–Crippen MR) is 107 cm³/mol. The fourth-order valence-corrected chi connectivity index (χ4v) is 4.91. The van der Waals surface area contributed by atoms with E-state index in [0.29, 0.717) is 0 Å². The Bertz CT molecular complexity index is 880. The summed E-state index contributed by atoms with van der Waals surface area (Å²) in [6.45, 7) is 5.48. The lowest BCUT2D eigenvalue weighted by Gasteiger charge is -2.26. The first-order valence-corrected chi connectivity index (χ1v) is 10.0. The van der Waals surface area contributed by atoms with Crippen molar-refractivity contribution in [2.24, 2.45) is 0 Å². The molecule has 0 unspecified atom stereocenters.